The Morgan fingerprint density at radius 1 is 1.59 bits per heavy atom. The molecule has 0 saturated carbocycles. The molecule has 1 aromatic rings. The SMILES string of the molecule is COc1cc(C(O)C(O)CC(=O)O)cnc1N. The van der Waals surface area contributed by atoms with Crippen LogP contribution < -0.4 is 10.5 Å². The van der Waals surface area contributed by atoms with Crippen molar-refractivity contribution in [3.63, 3.8) is 0 Å². The van der Waals surface area contributed by atoms with E-state index in [0.717, 1.165) is 0 Å². The van der Waals surface area contributed by atoms with Crippen LogP contribution in [0.15, 0.2) is 12.3 Å². The summed E-state index contributed by atoms with van der Waals surface area (Å²) in [6, 6.07) is 1.40. The smallest absolute Gasteiger partial charge is 0.306 e. The van der Waals surface area contributed by atoms with Gasteiger partial charge in [0.1, 0.15) is 6.10 Å². The maximum atomic E-state index is 10.4. The molecule has 94 valence electrons. The second-order valence-electron chi connectivity index (χ2n) is 3.47. The summed E-state index contributed by atoms with van der Waals surface area (Å²) in [5, 5.41) is 27.6. The van der Waals surface area contributed by atoms with Crippen LogP contribution in [0.3, 0.4) is 0 Å². The van der Waals surface area contributed by atoms with Crippen LogP contribution in [-0.4, -0.2) is 39.5 Å². The number of aromatic nitrogens is 1. The highest BCUT2D eigenvalue weighted by molar-refractivity contribution is 5.67. The lowest BCUT2D eigenvalue weighted by atomic mass is 10.0. The van der Waals surface area contributed by atoms with E-state index in [0.29, 0.717) is 0 Å². The van der Waals surface area contributed by atoms with Crippen LogP contribution in [0.25, 0.3) is 0 Å². The molecule has 0 saturated heterocycles. The first-order valence-electron chi connectivity index (χ1n) is 4.83. The van der Waals surface area contributed by atoms with Gasteiger partial charge in [-0.3, -0.25) is 4.79 Å². The number of aliphatic hydroxyl groups excluding tert-OH is 2. The number of carbonyl (C=O) groups is 1. The maximum absolute atomic E-state index is 10.4. The number of ether oxygens (including phenoxy) is 1. The van der Waals surface area contributed by atoms with Gasteiger partial charge in [-0.25, -0.2) is 4.98 Å². The van der Waals surface area contributed by atoms with E-state index in [2.05, 4.69) is 4.98 Å². The van der Waals surface area contributed by atoms with E-state index in [4.69, 9.17) is 15.6 Å². The van der Waals surface area contributed by atoms with Gasteiger partial charge in [-0.2, -0.15) is 0 Å². The molecule has 0 bridgehead atoms. The second kappa shape index (κ2) is 5.46. The second-order valence-corrected chi connectivity index (χ2v) is 3.47. The number of carboxylic acids is 1. The highest BCUT2D eigenvalue weighted by Gasteiger charge is 2.22. The quantitative estimate of drug-likeness (QED) is 0.550. The summed E-state index contributed by atoms with van der Waals surface area (Å²) in [5.41, 5.74) is 5.72. The third-order valence-electron chi connectivity index (χ3n) is 2.21. The number of nitrogens with two attached hydrogens (primary N) is 1. The van der Waals surface area contributed by atoms with Gasteiger partial charge in [-0.15, -0.1) is 0 Å². The standard InChI is InChI=1S/C10H14N2O5/c1-17-7-2-5(4-12-10(7)11)9(16)6(13)3-8(14)15/h2,4,6,9,13,16H,3H2,1H3,(H2,11,12)(H,14,15). The zero-order valence-corrected chi connectivity index (χ0v) is 9.20. The number of anilines is 1. The zero-order valence-electron chi connectivity index (χ0n) is 9.20. The largest absolute Gasteiger partial charge is 0.493 e. The van der Waals surface area contributed by atoms with Crippen molar-refractivity contribution in [3.8, 4) is 5.75 Å². The summed E-state index contributed by atoms with van der Waals surface area (Å²) in [6.45, 7) is 0. The number of aliphatic hydroxyl groups is 2. The number of nitrogens with zero attached hydrogens (tertiary/aromatic N) is 1. The van der Waals surface area contributed by atoms with Crippen LogP contribution in [0, 0.1) is 0 Å². The van der Waals surface area contributed by atoms with E-state index in [1.165, 1.54) is 19.4 Å². The molecular formula is C10H14N2O5. The Balaban J connectivity index is 2.88. The predicted molar refractivity (Wildman–Crippen MR) is 58.4 cm³/mol. The lowest BCUT2D eigenvalue weighted by Gasteiger charge is -2.17. The number of carboxylic acid groups (broad SMARTS) is 1. The minimum absolute atomic E-state index is 0.149. The molecule has 17 heavy (non-hydrogen) atoms. The average Bonchev–Trinajstić information content (AvgIpc) is 2.27. The van der Waals surface area contributed by atoms with Gasteiger partial charge in [0.05, 0.1) is 19.6 Å². The molecule has 7 heteroatoms. The van der Waals surface area contributed by atoms with Crippen molar-refractivity contribution < 1.29 is 24.9 Å². The molecule has 7 nitrogen and oxygen atoms in total. The lowest BCUT2D eigenvalue weighted by Crippen LogP contribution is -2.22. The fraction of sp³-hybridized carbons (Fsp3) is 0.400. The monoisotopic (exact) mass is 242 g/mol. The number of hydrogen-bond acceptors (Lipinski definition) is 6. The summed E-state index contributed by atoms with van der Waals surface area (Å²) < 4.78 is 4.90. The molecule has 0 spiro atoms. The molecule has 0 aliphatic heterocycles. The van der Waals surface area contributed by atoms with Crippen LogP contribution >= 0.6 is 0 Å². The fourth-order valence-corrected chi connectivity index (χ4v) is 1.31. The number of methoxy groups -OCH3 is 1. The molecule has 0 aromatic carbocycles. The van der Waals surface area contributed by atoms with Crippen molar-refractivity contribution in [3.05, 3.63) is 17.8 Å². The molecule has 0 fully saturated rings. The summed E-state index contributed by atoms with van der Waals surface area (Å²) in [4.78, 5) is 14.2. The number of nitrogen functional groups attached to an aromatic ring is 1. The van der Waals surface area contributed by atoms with Crippen molar-refractivity contribution in [2.75, 3.05) is 12.8 Å². The predicted octanol–water partition coefficient (Wildman–Crippen LogP) is -0.459. The number of pyridine rings is 1. The van der Waals surface area contributed by atoms with Crippen LogP contribution in [0.1, 0.15) is 18.1 Å². The van der Waals surface area contributed by atoms with E-state index < -0.39 is 24.6 Å². The Morgan fingerprint density at radius 3 is 2.76 bits per heavy atom. The van der Waals surface area contributed by atoms with Gasteiger partial charge in [0.2, 0.25) is 0 Å². The van der Waals surface area contributed by atoms with E-state index in [-0.39, 0.29) is 17.1 Å². The Hall–Kier alpha value is -1.86. The summed E-state index contributed by atoms with van der Waals surface area (Å²) in [7, 11) is 1.39. The third-order valence-corrected chi connectivity index (χ3v) is 2.21. The number of rotatable bonds is 5. The van der Waals surface area contributed by atoms with Crippen molar-refractivity contribution in [2.45, 2.75) is 18.6 Å². The van der Waals surface area contributed by atoms with Gasteiger partial charge < -0.3 is 25.8 Å². The van der Waals surface area contributed by atoms with Crippen LogP contribution in [0.4, 0.5) is 5.82 Å². The molecule has 2 atom stereocenters. The first-order valence-corrected chi connectivity index (χ1v) is 4.83. The third kappa shape index (κ3) is 3.30. The Kier molecular flexibility index (Phi) is 4.24. The molecule has 0 radical (unpaired) electrons. The van der Waals surface area contributed by atoms with Gasteiger partial charge in [0.25, 0.3) is 0 Å². The van der Waals surface area contributed by atoms with Crippen LogP contribution in [0.5, 0.6) is 5.75 Å². The molecule has 2 unspecified atom stereocenters. The molecule has 0 aliphatic rings. The van der Waals surface area contributed by atoms with E-state index in [1.54, 1.807) is 0 Å². The molecule has 0 amide bonds. The van der Waals surface area contributed by atoms with Gasteiger partial charge in [0, 0.05) is 11.8 Å². The van der Waals surface area contributed by atoms with Crippen molar-refractivity contribution in [1.82, 2.24) is 4.98 Å². The van der Waals surface area contributed by atoms with Gasteiger partial charge in [0.15, 0.2) is 11.6 Å². The summed E-state index contributed by atoms with van der Waals surface area (Å²) in [6.07, 6.45) is -2.07. The van der Waals surface area contributed by atoms with E-state index in [1.807, 2.05) is 0 Å². The molecule has 1 aromatic heterocycles. The Bertz CT molecular complexity index is 410. The van der Waals surface area contributed by atoms with E-state index in [9.17, 15) is 15.0 Å². The van der Waals surface area contributed by atoms with Crippen molar-refractivity contribution >= 4 is 11.8 Å². The van der Waals surface area contributed by atoms with Gasteiger partial charge in [-0.05, 0) is 6.07 Å². The highest BCUT2D eigenvalue weighted by Crippen LogP contribution is 2.25. The zero-order chi connectivity index (χ0) is 13.0. The minimum atomic E-state index is -1.41. The molecule has 1 heterocycles. The Morgan fingerprint density at radius 2 is 2.24 bits per heavy atom. The first-order chi connectivity index (χ1) is 7.95. The molecule has 0 aliphatic carbocycles. The summed E-state index contributed by atoms with van der Waals surface area (Å²) in [5.74, 6) is -0.799. The highest BCUT2D eigenvalue weighted by atomic mass is 16.5. The summed E-state index contributed by atoms with van der Waals surface area (Å²) >= 11 is 0. The number of hydrogen-bond donors (Lipinski definition) is 4. The van der Waals surface area contributed by atoms with Crippen LogP contribution in [-0.2, 0) is 4.79 Å². The van der Waals surface area contributed by atoms with Crippen molar-refractivity contribution in [1.29, 1.82) is 0 Å². The molecule has 1 rings (SSSR count). The first kappa shape index (κ1) is 13.2. The van der Waals surface area contributed by atoms with Gasteiger partial charge >= 0.3 is 5.97 Å². The normalized spacial score (nSPS) is 14.1. The van der Waals surface area contributed by atoms with Gasteiger partial charge in [-0.1, -0.05) is 0 Å². The number of aliphatic carboxylic acids is 1. The van der Waals surface area contributed by atoms with E-state index >= 15 is 0 Å². The van der Waals surface area contributed by atoms with Crippen molar-refractivity contribution in [2.24, 2.45) is 0 Å². The molecule has 5 N–H and O–H groups in total. The fourth-order valence-electron chi connectivity index (χ4n) is 1.31. The average molecular weight is 242 g/mol. The maximum Gasteiger partial charge on any atom is 0.306 e. The molecular weight excluding hydrogens is 228 g/mol. The van der Waals surface area contributed by atoms with Crippen LogP contribution in [0.2, 0.25) is 0 Å². The minimum Gasteiger partial charge on any atom is -0.493 e. The topological polar surface area (TPSA) is 126 Å². The Labute approximate surface area is 97.5 Å². The lowest BCUT2D eigenvalue weighted by molar-refractivity contribution is -0.141.